The summed E-state index contributed by atoms with van der Waals surface area (Å²) in [5.41, 5.74) is -0.381. The Morgan fingerprint density at radius 2 is 2.00 bits per heavy atom. The molecule has 0 aliphatic heterocycles. The summed E-state index contributed by atoms with van der Waals surface area (Å²) >= 11 is 5.54. The zero-order chi connectivity index (χ0) is 12.5. The first kappa shape index (κ1) is 12.8. The Labute approximate surface area is 98.4 Å². The Bertz CT molecular complexity index is 415. The van der Waals surface area contributed by atoms with Crippen molar-refractivity contribution < 1.29 is 14.3 Å². The van der Waals surface area contributed by atoms with Crippen molar-refractivity contribution in [3.63, 3.8) is 0 Å². The lowest BCUT2D eigenvalue weighted by molar-refractivity contribution is 0.195. The van der Waals surface area contributed by atoms with E-state index in [0.717, 1.165) is 11.0 Å². The van der Waals surface area contributed by atoms with E-state index in [0.29, 0.717) is 0 Å². The number of carboxylic acid groups (broad SMARTS) is 1. The van der Waals surface area contributed by atoms with Crippen molar-refractivity contribution in [2.24, 2.45) is 0 Å². The van der Waals surface area contributed by atoms with Gasteiger partial charge in [0, 0.05) is 5.54 Å². The number of benzene rings is 1. The molecule has 0 saturated heterocycles. The fraction of sp³-hybridized carbons (Fsp3) is 0.364. The Hall–Kier alpha value is -1.29. The highest BCUT2D eigenvalue weighted by molar-refractivity contribution is 6.30. The van der Waals surface area contributed by atoms with E-state index in [1.54, 1.807) is 20.8 Å². The van der Waals surface area contributed by atoms with E-state index in [1.165, 1.54) is 12.1 Å². The SMILES string of the molecule is CC(C)(C)N(C(=O)O)c1ccc(Cl)c(F)c1. The molecule has 0 heterocycles. The predicted octanol–water partition coefficient (Wildman–Crippen LogP) is 3.76. The van der Waals surface area contributed by atoms with Crippen LogP contribution in [0.3, 0.4) is 0 Å². The van der Waals surface area contributed by atoms with Crippen LogP contribution in [-0.4, -0.2) is 16.7 Å². The molecule has 0 fully saturated rings. The van der Waals surface area contributed by atoms with Crippen molar-refractivity contribution in [3.8, 4) is 0 Å². The standard InChI is InChI=1S/C11H13ClFNO2/c1-11(2,3)14(10(15)16)7-4-5-8(12)9(13)6-7/h4-6H,1-3H3,(H,15,16). The number of carbonyl (C=O) groups is 1. The van der Waals surface area contributed by atoms with Crippen LogP contribution in [0.2, 0.25) is 5.02 Å². The molecule has 1 rings (SSSR count). The summed E-state index contributed by atoms with van der Waals surface area (Å²) in [5, 5.41) is 9.07. The maximum absolute atomic E-state index is 13.2. The number of halogens is 2. The predicted molar refractivity (Wildman–Crippen MR) is 61.7 cm³/mol. The van der Waals surface area contributed by atoms with Crippen molar-refractivity contribution in [2.45, 2.75) is 26.3 Å². The van der Waals surface area contributed by atoms with Gasteiger partial charge in [0.1, 0.15) is 5.82 Å². The molecule has 1 aromatic carbocycles. The quantitative estimate of drug-likeness (QED) is 0.818. The maximum Gasteiger partial charge on any atom is 0.412 e. The second-order valence-corrected chi connectivity index (χ2v) is 4.79. The fourth-order valence-electron chi connectivity index (χ4n) is 1.41. The van der Waals surface area contributed by atoms with Gasteiger partial charge in [-0.2, -0.15) is 0 Å². The van der Waals surface area contributed by atoms with Gasteiger partial charge in [-0.1, -0.05) is 11.6 Å². The van der Waals surface area contributed by atoms with Crippen LogP contribution in [0.4, 0.5) is 14.9 Å². The molecule has 0 atom stereocenters. The van der Waals surface area contributed by atoms with Crippen molar-refractivity contribution in [2.75, 3.05) is 4.90 Å². The maximum atomic E-state index is 13.2. The number of amides is 1. The first-order valence-corrected chi connectivity index (χ1v) is 5.09. The van der Waals surface area contributed by atoms with E-state index in [2.05, 4.69) is 0 Å². The van der Waals surface area contributed by atoms with Crippen molar-refractivity contribution in [1.82, 2.24) is 0 Å². The number of rotatable bonds is 1. The molecule has 0 aromatic heterocycles. The lowest BCUT2D eigenvalue weighted by Gasteiger charge is -2.33. The molecule has 3 nitrogen and oxygen atoms in total. The van der Waals surface area contributed by atoms with Crippen LogP contribution in [0.1, 0.15) is 20.8 Å². The summed E-state index contributed by atoms with van der Waals surface area (Å²) in [6.45, 7) is 5.19. The summed E-state index contributed by atoms with van der Waals surface area (Å²) in [6.07, 6.45) is -1.13. The van der Waals surface area contributed by atoms with Crippen molar-refractivity contribution >= 4 is 23.4 Å². The molecule has 1 N–H and O–H groups in total. The van der Waals surface area contributed by atoms with E-state index >= 15 is 0 Å². The summed E-state index contributed by atoms with van der Waals surface area (Å²) in [7, 11) is 0. The van der Waals surface area contributed by atoms with E-state index in [9.17, 15) is 9.18 Å². The van der Waals surface area contributed by atoms with E-state index < -0.39 is 17.4 Å². The average Bonchev–Trinajstić information content (AvgIpc) is 2.08. The minimum absolute atomic E-state index is 0.0250. The number of hydrogen-bond acceptors (Lipinski definition) is 1. The lowest BCUT2D eigenvalue weighted by atomic mass is 10.1. The molecular weight excluding hydrogens is 233 g/mol. The summed E-state index contributed by atoms with van der Waals surface area (Å²) in [4.78, 5) is 12.2. The Balaban J connectivity index is 3.22. The van der Waals surface area contributed by atoms with Gasteiger partial charge in [0.2, 0.25) is 0 Å². The molecule has 0 saturated carbocycles. The summed E-state index contributed by atoms with van der Waals surface area (Å²) in [5.74, 6) is -0.630. The van der Waals surface area contributed by atoms with Gasteiger partial charge in [-0.3, -0.25) is 4.90 Å². The molecule has 0 aliphatic rings. The van der Waals surface area contributed by atoms with Gasteiger partial charge < -0.3 is 5.11 Å². The van der Waals surface area contributed by atoms with Gasteiger partial charge in [-0.15, -0.1) is 0 Å². The minimum Gasteiger partial charge on any atom is -0.465 e. The molecule has 5 heteroatoms. The van der Waals surface area contributed by atoms with Gasteiger partial charge in [0.15, 0.2) is 0 Å². The number of hydrogen-bond donors (Lipinski definition) is 1. The number of anilines is 1. The van der Waals surface area contributed by atoms with Gasteiger partial charge in [-0.25, -0.2) is 9.18 Å². The van der Waals surface area contributed by atoms with Crippen molar-refractivity contribution in [1.29, 1.82) is 0 Å². The molecule has 0 bridgehead atoms. The van der Waals surface area contributed by atoms with Gasteiger partial charge in [0.05, 0.1) is 10.7 Å². The highest BCUT2D eigenvalue weighted by Gasteiger charge is 2.28. The Kier molecular flexibility index (Phi) is 3.43. The molecule has 88 valence electrons. The van der Waals surface area contributed by atoms with Crippen LogP contribution in [-0.2, 0) is 0 Å². The van der Waals surface area contributed by atoms with E-state index in [-0.39, 0.29) is 10.7 Å². The molecule has 1 amide bonds. The lowest BCUT2D eigenvalue weighted by Crippen LogP contribution is -2.45. The average molecular weight is 246 g/mol. The Morgan fingerprint density at radius 3 is 2.38 bits per heavy atom. The largest absolute Gasteiger partial charge is 0.465 e. The molecule has 0 aliphatic carbocycles. The first-order valence-electron chi connectivity index (χ1n) is 4.71. The van der Waals surface area contributed by atoms with Gasteiger partial charge >= 0.3 is 6.09 Å². The van der Waals surface area contributed by atoms with Crippen LogP contribution in [0, 0.1) is 5.82 Å². The zero-order valence-corrected chi connectivity index (χ0v) is 10.0. The second kappa shape index (κ2) is 4.29. The normalized spacial score (nSPS) is 11.3. The van der Waals surface area contributed by atoms with Gasteiger partial charge in [0.25, 0.3) is 0 Å². The minimum atomic E-state index is -1.13. The molecule has 0 spiro atoms. The van der Waals surface area contributed by atoms with Crippen LogP contribution in [0.5, 0.6) is 0 Å². The molecular formula is C11H13ClFNO2. The monoisotopic (exact) mass is 245 g/mol. The third-order valence-electron chi connectivity index (χ3n) is 2.02. The Morgan fingerprint density at radius 1 is 1.44 bits per heavy atom. The van der Waals surface area contributed by atoms with Crippen LogP contribution in [0.15, 0.2) is 18.2 Å². The fourth-order valence-corrected chi connectivity index (χ4v) is 1.53. The van der Waals surface area contributed by atoms with Crippen LogP contribution < -0.4 is 4.90 Å². The second-order valence-electron chi connectivity index (χ2n) is 4.39. The summed E-state index contributed by atoms with van der Waals surface area (Å²) < 4.78 is 13.2. The zero-order valence-electron chi connectivity index (χ0n) is 9.29. The number of nitrogens with zero attached hydrogens (tertiary/aromatic N) is 1. The first-order chi connectivity index (χ1) is 7.23. The smallest absolute Gasteiger partial charge is 0.412 e. The highest BCUT2D eigenvalue weighted by atomic mass is 35.5. The van der Waals surface area contributed by atoms with Crippen LogP contribution >= 0.6 is 11.6 Å². The molecule has 0 unspecified atom stereocenters. The highest BCUT2D eigenvalue weighted by Crippen LogP contribution is 2.27. The third-order valence-corrected chi connectivity index (χ3v) is 2.33. The topological polar surface area (TPSA) is 40.5 Å². The van der Waals surface area contributed by atoms with Crippen molar-refractivity contribution in [3.05, 3.63) is 29.0 Å². The molecule has 1 aromatic rings. The van der Waals surface area contributed by atoms with E-state index in [4.69, 9.17) is 16.7 Å². The summed E-state index contributed by atoms with van der Waals surface area (Å²) in [6, 6.07) is 3.93. The molecule has 0 radical (unpaired) electrons. The van der Waals surface area contributed by atoms with E-state index in [1.807, 2.05) is 0 Å². The molecule has 16 heavy (non-hydrogen) atoms. The van der Waals surface area contributed by atoms with Crippen LogP contribution in [0.25, 0.3) is 0 Å². The van der Waals surface area contributed by atoms with Gasteiger partial charge in [-0.05, 0) is 39.0 Å². The third kappa shape index (κ3) is 2.64.